The lowest BCUT2D eigenvalue weighted by Gasteiger charge is -2.30. The molecule has 0 aliphatic heterocycles. The highest BCUT2D eigenvalue weighted by atomic mass is 16.5. The lowest BCUT2D eigenvalue weighted by Crippen LogP contribution is -2.37. The van der Waals surface area contributed by atoms with Crippen molar-refractivity contribution in [1.29, 1.82) is 0 Å². The zero-order valence-electron chi connectivity index (χ0n) is 12.6. The Bertz CT molecular complexity index is 503. The van der Waals surface area contributed by atoms with Gasteiger partial charge in [0.1, 0.15) is 5.75 Å². The van der Waals surface area contributed by atoms with Gasteiger partial charge in [0.2, 0.25) is 5.91 Å². The van der Waals surface area contributed by atoms with E-state index in [9.17, 15) is 4.79 Å². The molecule has 0 unspecified atom stereocenters. The lowest BCUT2D eigenvalue weighted by molar-refractivity contribution is -0.133. The van der Waals surface area contributed by atoms with Crippen LogP contribution in [0.5, 0.6) is 5.75 Å². The molecule has 0 radical (unpaired) electrons. The van der Waals surface area contributed by atoms with Crippen LogP contribution in [0.15, 0.2) is 36.6 Å². The van der Waals surface area contributed by atoms with Crippen molar-refractivity contribution in [2.75, 3.05) is 7.05 Å². The molecule has 108 valence electrons. The Kier molecular flexibility index (Phi) is 4.48. The minimum atomic E-state index is -0.162. The fraction of sp³-hybridized carbons (Fsp3) is 0.471. The minimum Gasteiger partial charge on any atom is -0.465 e. The van der Waals surface area contributed by atoms with E-state index >= 15 is 0 Å². The third-order valence-electron chi connectivity index (χ3n) is 3.92. The number of allylic oxidation sites excluding steroid dienone is 1. The van der Waals surface area contributed by atoms with Crippen LogP contribution >= 0.6 is 0 Å². The van der Waals surface area contributed by atoms with Gasteiger partial charge in [-0.1, -0.05) is 31.2 Å². The highest BCUT2D eigenvalue weighted by Gasteiger charge is 2.51. The predicted octanol–water partition coefficient (Wildman–Crippen LogP) is 3.85. The average molecular weight is 273 g/mol. The van der Waals surface area contributed by atoms with Gasteiger partial charge >= 0.3 is 0 Å². The van der Waals surface area contributed by atoms with Gasteiger partial charge in [0, 0.05) is 19.0 Å². The molecule has 1 amide bonds. The van der Waals surface area contributed by atoms with Gasteiger partial charge < -0.3 is 9.64 Å². The van der Waals surface area contributed by atoms with Crippen molar-refractivity contribution < 1.29 is 9.53 Å². The molecule has 0 saturated heterocycles. The summed E-state index contributed by atoms with van der Waals surface area (Å²) < 4.78 is 5.68. The number of benzene rings is 1. The maximum Gasteiger partial charge on any atom is 0.223 e. The number of rotatable bonds is 6. The van der Waals surface area contributed by atoms with Crippen molar-refractivity contribution in [3.05, 3.63) is 42.2 Å². The van der Waals surface area contributed by atoms with E-state index in [1.54, 1.807) is 6.26 Å². The summed E-state index contributed by atoms with van der Waals surface area (Å²) in [5, 5.41) is 0. The van der Waals surface area contributed by atoms with Gasteiger partial charge in [0.05, 0.1) is 11.8 Å². The largest absolute Gasteiger partial charge is 0.465 e. The smallest absolute Gasteiger partial charge is 0.223 e. The zero-order chi connectivity index (χ0) is 14.6. The van der Waals surface area contributed by atoms with Crippen molar-refractivity contribution in [2.45, 2.75) is 45.1 Å². The fourth-order valence-electron chi connectivity index (χ4n) is 2.62. The van der Waals surface area contributed by atoms with Crippen LogP contribution in [0, 0.1) is 0 Å². The van der Waals surface area contributed by atoms with Crippen LogP contribution in [0.3, 0.4) is 0 Å². The van der Waals surface area contributed by atoms with Crippen LogP contribution in [0.4, 0.5) is 0 Å². The first-order valence-corrected chi connectivity index (χ1v) is 7.29. The molecule has 0 heterocycles. The number of hydrogen-bond donors (Lipinski definition) is 0. The standard InChI is InChI=1S/C17H23NO2/c1-4-8-16(19)18(3)17(11-12-17)14-9-6-7-10-15(14)20-13-5-2/h5-7,9-10,13H,4,8,11-12H2,1-3H3. The number of ether oxygens (including phenoxy) is 1. The van der Waals surface area contributed by atoms with E-state index in [1.807, 2.05) is 50.1 Å². The Morgan fingerprint density at radius 3 is 2.70 bits per heavy atom. The maximum atomic E-state index is 12.2. The van der Waals surface area contributed by atoms with Crippen LogP contribution in [-0.4, -0.2) is 17.9 Å². The molecule has 0 N–H and O–H groups in total. The number of nitrogens with zero attached hydrogens (tertiary/aromatic N) is 1. The van der Waals surface area contributed by atoms with E-state index in [0.29, 0.717) is 6.42 Å². The molecule has 1 aromatic carbocycles. The van der Waals surface area contributed by atoms with Gasteiger partial charge in [0.15, 0.2) is 0 Å². The van der Waals surface area contributed by atoms with Crippen LogP contribution in [-0.2, 0) is 10.3 Å². The Labute approximate surface area is 121 Å². The van der Waals surface area contributed by atoms with Gasteiger partial charge in [-0.2, -0.15) is 0 Å². The number of carbonyl (C=O) groups is 1. The van der Waals surface area contributed by atoms with Crippen LogP contribution in [0.25, 0.3) is 0 Å². The summed E-state index contributed by atoms with van der Waals surface area (Å²) in [5.74, 6) is 1.06. The molecule has 3 heteroatoms. The molecule has 1 aliphatic rings. The van der Waals surface area contributed by atoms with E-state index in [2.05, 4.69) is 6.07 Å². The van der Waals surface area contributed by atoms with Crippen LogP contribution in [0.1, 0.15) is 45.1 Å². The molecule has 1 fully saturated rings. The highest BCUT2D eigenvalue weighted by Crippen LogP contribution is 2.53. The molecule has 1 aromatic rings. The molecule has 1 saturated carbocycles. The summed E-state index contributed by atoms with van der Waals surface area (Å²) in [4.78, 5) is 14.1. The summed E-state index contributed by atoms with van der Waals surface area (Å²) in [6.45, 7) is 3.96. The average Bonchev–Trinajstić information content (AvgIpc) is 3.26. The Morgan fingerprint density at radius 1 is 1.40 bits per heavy atom. The third-order valence-corrected chi connectivity index (χ3v) is 3.92. The maximum absolute atomic E-state index is 12.2. The van der Waals surface area contributed by atoms with Crippen molar-refractivity contribution in [1.82, 2.24) is 4.90 Å². The molecular formula is C17H23NO2. The van der Waals surface area contributed by atoms with Gasteiger partial charge in [-0.25, -0.2) is 0 Å². The molecule has 0 bridgehead atoms. The normalized spacial score (nSPS) is 16.1. The molecule has 1 aliphatic carbocycles. The van der Waals surface area contributed by atoms with Crippen molar-refractivity contribution in [2.24, 2.45) is 0 Å². The molecule has 3 nitrogen and oxygen atoms in total. The summed E-state index contributed by atoms with van der Waals surface area (Å²) >= 11 is 0. The summed E-state index contributed by atoms with van der Waals surface area (Å²) in [6, 6.07) is 8.01. The second-order valence-electron chi connectivity index (χ2n) is 5.32. The third kappa shape index (κ3) is 2.72. The number of para-hydroxylation sites is 1. The van der Waals surface area contributed by atoms with Gasteiger partial charge in [-0.15, -0.1) is 0 Å². The number of carbonyl (C=O) groups excluding carboxylic acids is 1. The molecule has 0 aromatic heterocycles. The van der Waals surface area contributed by atoms with E-state index in [4.69, 9.17) is 4.74 Å². The Morgan fingerprint density at radius 2 is 2.10 bits per heavy atom. The first kappa shape index (κ1) is 14.6. The number of hydrogen-bond acceptors (Lipinski definition) is 2. The van der Waals surface area contributed by atoms with Gasteiger partial charge in [-0.3, -0.25) is 4.79 Å². The van der Waals surface area contributed by atoms with Crippen LogP contribution in [0.2, 0.25) is 0 Å². The predicted molar refractivity (Wildman–Crippen MR) is 80.5 cm³/mol. The van der Waals surface area contributed by atoms with E-state index in [1.165, 1.54) is 0 Å². The molecular weight excluding hydrogens is 250 g/mol. The first-order chi connectivity index (χ1) is 9.65. The van der Waals surface area contributed by atoms with Crippen molar-refractivity contribution >= 4 is 5.91 Å². The second kappa shape index (κ2) is 6.12. The first-order valence-electron chi connectivity index (χ1n) is 7.29. The molecule has 2 rings (SSSR count). The lowest BCUT2D eigenvalue weighted by atomic mass is 10.0. The Balaban J connectivity index is 2.28. The van der Waals surface area contributed by atoms with Crippen molar-refractivity contribution in [3.63, 3.8) is 0 Å². The molecule has 20 heavy (non-hydrogen) atoms. The highest BCUT2D eigenvalue weighted by molar-refractivity contribution is 5.77. The summed E-state index contributed by atoms with van der Waals surface area (Å²) in [7, 11) is 1.91. The van der Waals surface area contributed by atoms with Gasteiger partial charge in [-0.05, 0) is 32.3 Å². The fourth-order valence-corrected chi connectivity index (χ4v) is 2.62. The SMILES string of the molecule is CC=COc1ccccc1C1(N(C)C(=O)CCC)CC1. The minimum absolute atomic E-state index is 0.162. The second-order valence-corrected chi connectivity index (χ2v) is 5.32. The monoisotopic (exact) mass is 273 g/mol. The molecule has 0 atom stereocenters. The number of amides is 1. The van der Waals surface area contributed by atoms with Gasteiger partial charge in [0.25, 0.3) is 0 Å². The molecule has 0 spiro atoms. The van der Waals surface area contributed by atoms with Crippen LogP contribution < -0.4 is 4.74 Å². The van der Waals surface area contributed by atoms with Crippen molar-refractivity contribution in [3.8, 4) is 5.75 Å². The topological polar surface area (TPSA) is 29.5 Å². The zero-order valence-corrected chi connectivity index (χ0v) is 12.6. The summed E-state index contributed by atoms with van der Waals surface area (Å²) in [5.41, 5.74) is 0.954. The van der Waals surface area contributed by atoms with E-state index in [0.717, 1.165) is 30.6 Å². The van der Waals surface area contributed by atoms with E-state index < -0.39 is 0 Å². The quantitative estimate of drug-likeness (QED) is 0.737. The van der Waals surface area contributed by atoms with E-state index in [-0.39, 0.29) is 11.4 Å². The summed E-state index contributed by atoms with van der Waals surface area (Å²) in [6.07, 6.45) is 7.06. The Hall–Kier alpha value is -1.77.